The molecule has 0 spiro atoms. The molecule has 2 aliphatic heterocycles. The summed E-state index contributed by atoms with van der Waals surface area (Å²) in [4.78, 5) is 10.8. The van der Waals surface area contributed by atoms with Gasteiger partial charge in [0.25, 0.3) is 0 Å². The summed E-state index contributed by atoms with van der Waals surface area (Å²) in [6.07, 6.45) is 4.07. The van der Waals surface area contributed by atoms with Crippen molar-refractivity contribution in [2.24, 2.45) is 5.73 Å². The van der Waals surface area contributed by atoms with Gasteiger partial charge in [-0.1, -0.05) is 36.0 Å². The molecule has 0 saturated carbocycles. The standard InChI is InChI=1S/C16H20N6S/c17-14-13-15(20-10-19-14)21-16(18,23-13)12-5-3-11(4-6-12)9-22-7-1-2-8-22/h3-6,10H,1-2,7-9,18H2,(H3,17,19,20,21). The molecule has 2 aromatic rings. The minimum absolute atomic E-state index is 0.463. The van der Waals surface area contributed by atoms with Gasteiger partial charge in [-0.25, -0.2) is 9.97 Å². The van der Waals surface area contributed by atoms with E-state index in [0.717, 1.165) is 17.0 Å². The lowest BCUT2D eigenvalue weighted by Gasteiger charge is -2.24. The first-order chi connectivity index (χ1) is 11.1. The molecule has 0 amide bonds. The van der Waals surface area contributed by atoms with Gasteiger partial charge in [-0.3, -0.25) is 10.6 Å². The van der Waals surface area contributed by atoms with Crippen molar-refractivity contribution >= 4 is 23.4 Å². The molecule has 0 aliphatic carbocycles. The van der Waals surface area contributed by atoms with E-state index in [2.05, 4.69) is 44.5 Å². The van der Waals surface area contributed by atoms with Crippen LogP contribution < -0.4 is 16.8 Å². The first-order valence-electron chi connectivity index (χ1n) is 7.82. The molecule has 23 heavy (non-hydrogen) atoms. The fourth-order valence-corrected chi connectivity index (χ4v) is 4.21. The van der Waals surface area contributed by atoms with E-state index in [9.17, 15) is 0 Å². The van der Waals surface area contributed by atoms with Crippen LogP contribution in [0.5, 0.6) is 0 Å². The molecule has 0 bridgehead atoms. The van der Waals surface area contributed by atoms with Gasteiger partial charge in [0.2, 0.25) is 0 Å². The van der Waals surface area contributed by atoms with Gasteiger partial charge < -0.3 is 11.1 Å². The molecule has 1 unspecified atom stereocenters. The van der Waals surface area contributed by atoms with Crippen LogP contribution in [0.25, 0.3) is 0 Å². The number of aromatic nitrogens is 2. The monoisotopic (exact) mass is 328 g/mol. The number of hydrogen-bond acceptors (Lipinski definition) is 7. The van der Waals surface area contributed by atoms with Crippen molar-refractivity contribution < 1.29 is 0 Å². The minimum Gasteiger partial charge on any atom is -0.383 e. The highest BCUT2D eigenvalue weighted by atomic mass is 32.2. The Bertz CT molecular complexity index is 713. The molecule has 4 rings (SSSR count). The summed E-state index contributed by atoms with van der Waals surface area (Å²) < 4.78 is 0. The fourth-order valence-electron chi connectivity index (χ4n) is 3.13. The predicted octanol–water partition coefficient (Wildman–Crippen LogP) is 1.94. The Morgan fingerprint density at radius 1 is 1.17 bits per heavy atom. The van der Waals surface area contributed by atoms with Crippen LogP contribution in [0, 0.1) is 0 Å². The topological polar surface area (TPSA) is 93.1 Å². The van der Waals surface area contributed by atoms with E-state index in [-0.39, 0.29) is 0 Å². The van der Waals surface area contributed by atoms with Crippen LogP contribution in [0.15, 0.2) is 35.5 Å². The van der Waals surface area contributed by atoms with Gasteiger partial charge >= 0.3 is 0 Å². The third-order valence-corrected chi connectivity index (χ3v) is 5.65. The molecule has 1 saturated heterocycles. The summed E-state index contributed by atoms with van der Waals surface area (Å²) in [7, 11) is 0. The molecule has 3 heterocycles. The number of likely N-dealkylation sites (tertiary alicyclic amines) is 1. The van der Waals surface area contributed by atoms with E-state index in [4.69, 9.17) is 11.5 Å². The Labute approximate surface area is 139 Å². The molecule has 5 N–H and O–H groups in total. The summed E-state index contributed by atoms with van der Waals surface area (Å²) >= 11 is 1.46. The lowest BCUT2D eigenvalue weighted by atomic mass is 10.1. The predicted molar refractivity (Wildman–Crippen MR) is 92.7 cm³/mol. The molecular formula is C16H20N6S. The molecule has 2 aliphatic rings. The van der Waals surface area contributed by atoms with E-state index in [1.807, 2.05) is 0 Å². The van der Waals surface area contributed by atoms with Gasteiger partial charge in [-0.05, 0) is 31.5 Å². The highest BCUT2D eigenvalue weighted by Crippen LogP contribution is 2.48. The van der Waals surface area contributed by atoms with E-state index in [1.54, 1.807) is 0 Å². The molecule has 1 aromatic carbocycles. The average molecular weight is 328 g/mol. The second-order valence-electron chi connectivity index (χ2n) is 6.08. The van der Waals surface area contributed by atoms with Crippen LogP contribution in [0.1, 0.15) is 24.0 Å². The maximum atomic E-state index is 6.53. The van der Waals surface area contributed by atoms with Gasteiger partial charge in [0.05, 0.1) is 4.90 Å². The Balaban J connectivity index is 1.53. The highest BCUT2D eigenvalue weighted by molar-refractivity contribution is 8.01. The Morgan fingerprint density at radius 2 is 1.91 bits per heavy atom. The lowest BCUT2D eigenvalue weighted by Crippen LogP contribution is -2.38. The van der Waals surface area contributed by atoms with Crippen molar-refractivity contribution in [2.45, 2.75) is 29.3 Å². The number of nitrogens with two attached hydrogens (primary N) is 2. The van der Waals surface area contributed by atoms with Crippen LogP contribution in [-0.2, 0) is 11.5 Å². The minimum atomic E-state index is -0.751. The fraction of sp³-hybridized carbons (Fsp3) is 0.375. The smallest absolute Gasteiger partial charge is 0.167 e. The van der Waals surface area contributed by atoms with Crippen molar-refractivity contribution in [3.8, 4) is 0 Å². The number of anilines is 2. The number of hydrogen-bond donors (Lipinski definition) is 3. The van der Waals surface area contributed by atoms with Crippen molar-refractivity contribution in [3.05, 3.63) is 41.7 Å². The van der Waals surface area contributed by atoms with Crippen LogP contribution >= 0.6 is 11.8 Å². The SMILES string of the molecule is Nc1ncnc2c1SC(N)(c1ccc(CN3CCCC3)cc1)N2. The van der Waals surface area contributed by atoms with E-state index in [0.29, 0.717) is 11.6 Å². The Morgan fingerprint density at radius 3 is 2.61 bits per heavy atom. The maximum absolute atomic E-state index is 6.53. The summed E-state index contributed by atoms with van der Waals surface area (Å²) in [6.45, 7) is 3.41. The molecule has 1 atom stereocenters. The molecule has 1 aromatic heterocycles. The van der Waals surface area contributed by atoms with E-state index >= 15 is 0 Å². The summed E-state index contributed by atoms with van der Waals surface area (Å²) in [5, 5.41) is 3.26. The second kappa shape index (κ2) is 5.67. The van der Waals surface area contributed by atoms with Crippen molar-refractivity contribution in [1.29, 1.82) is 0 Å². The number of nitrogens with one attached hydrogen (secondary N) is 1. The summed E-state index contributed by atoms with van der Waals surface area (Å²) in [5.41, 5.74) is 14.8. The number of fused-ring (bicyclic) bond motifs is 1. The molecule has 0 radical (unpaired) electrons. The number of thioether (sulfide) groups is 1. The molecule has 1 fully saturated rings. The Hall–Kier alpha value is -1.83. The quantitative estimate of drug-likeness (QED) is 0.793. The van der Waals surface area contributed by atoms with Gasteiger partial charge in [-0.15, -0.1) is 0 Å². The van der Waals surface area contributed by atoms with Gasteiger partial charge in [0, 0.05) is 12.1 Å². The summed E-state index contributed by atoms with van der Waals surface area (Å²) in [6, 6.07) is 8.48. The second-order valence-corrected chi connectivity index (χ2v) is 7.34. The number of rotatable bonds is 3. The van der Waals surface area contributed by atoms with E-state index < -0.39 is 4.99 Å². The number of nitrogen functional groups attached to an aromatic ring is 1. The van der Waals surface area contributed by atoms with Crippen LogP contribution in [-0.4, -0.2) is 28.0 Å². The largest absolute Gasteiger partial charge is 0.383 e. The molecular weight excluding hydrogens is 308 g/mol. The van der Waals surface area contributed by atoms with E-state index in [1.165, 1.54) is 49.6 Å². The molecule has 7 heteroatoms. The zero-order chi connectivity index (χ0) is 15.9. The maximum Gasteiger partial charge on any atom is 0.167 e. The first-order valence-corrected chi connectivity index (χ1v) is 8.64. The first kappa shape index (κ1) is 14.7. The van der Waals surface area contributed by atoms with Crippen molar-refractivity contribution in [3.63, 3.8) is 0 Å². The zero-order valence-electron chi connectivity index (χ0n) is 12.8. The van der Waals surface area contributed by atoms with Crippen molar-refractivity contribution in [1.82, 2.24) is 14.9 Å². The number of nitrogens with zero attached hydrogens (tertiary/aromatic N) is 3. The van der Waals surface area contributed by atoms with Crippen molar-refractivity contribution in [2.75, 3.05) is 24.1 Å². The number of benzene rings is 1. The zero-order valence-corrected chi connectivity index (χ0v) is 13.6. The molecule has 120 valence electrons. The highest BCUT2D eigenvalue weighted by Gasteiger charge is 2.38. The van der Waals surface area contributed by atoms with Crippen LogP contribution in [0.3, 0.4) is 0 Å². The van der Waals surface area contributed by atoms with Crippen LogP contribution in [0.2, 0.25) is 0 Å². The van der Waals surface area contributed by atoms with Gasteiger partial charge in [0.15, 0.2) is 4.99 Å². The lowest BCUT2D eigenvalue weighted by molar-refractivity contribution is 0.331. The third-order valence-electron chi connectivity index (χ3n) is 4.39. The average Bonchev–Trinajstić information content (AvgIpc) is 3.16. The normalized spacial score (nSPS) is 23.7. The third kappa shape index (κ3) is 2.75. The molecule has 6 nitrogen and oxygen atoms in total. The summed E-state index contributed by atoms with van der Waals surface area (Å²) in [5.74, 6) is 1.16. The van der Waals surface area contributed by atoms with Crippen LogP contribution in [0.4, 0.5) is 11.6 Å². The van der Waals surface area contributed by atoms with Gasteiger partial charge in [0.1, 0.15) is 18.0 Å². The van der Waals surface area contributed by atoms with Gasteiger partial charge in [-0.2, -0.15) is 0 Å². The Kier molecular flexibility index (Phi) is 3.63.